The molecule has 2 N–H and O–H groups in total. The summed E-state index contributed by atoms with van der Waals surface area (Å²) in [7, 11) is 0. The Balaban J connectivity index is 1.70. The van der Waals surface area contributed by atoms with Crippen LogP contribution in [0.4, 0.5) is 5.69 Å². The number of nitrogens with zero attached hydrogens (tertiary/aromatic N) is 1. The SMILES string of the molecule is O=c1[nH]ccn1-c1ccc(NCc2csc(Br)c2)cc1. The zero-order valence-corrected chi connectivity index (χ0v) is 12.9. The van der Waals surface area contributed by atoms with Gasteiger partial charge in [-0.1, -0.05) is 0 Å². The predicted molar refractivity (Wildman–Crippen MR) is 85.7 cm³/mol. The van der Waals surface area contributed by atoms with E-state index in [1.807, 2.05) is 24.3 Å². The molecule has 0 fully saturated rings. The third kappa shape index (κ3) is 2.86. The van der Waals surface area contributed by atoms with Crippen molar-refractivity contribution >= 4 is 33.0 Å². The summed E-state index contributed by atoms with van der Waals surface area (Å²) >= 11 is 5.13. The molecule has 2 aromatic heterocycles. The molecule has 0 bridgehead atoms. The number of nitrogens with one attached hydrogen (secondary N) is 2. The Hall–Kier alpha value is -1.79. The van der Waals surface area contributed by atoms with E-state index in [1.165, 1.54) is 5.56 Å². The molecule has 3 aromatic rings. The van der Waals surface area contributed by atoms with Gasteiger partial charge in [0.25, 0.3) is 0 Å². The minimum atomic E-state index is -0.131. The fourth-order valence-electron chi connectivity index (χ4n) is 1.91. The van der Waals surface area contributed by atoms with Crippen LogP contribution < -0.4 is 11.0 Å². The molecule has 0 atom stereocenters. The Bertz CT molecular complexity index is 757. The monoisotopic (exact) mass is 349 g/mol. The molecule has 0 aliphatic rings. The van der Waals surface area contributed by atoms with E-state index in [1.54, 1.807) is 28.3 Å². The standard InChI is InChI=1S/C14H12BrN3OS/c15-13-7-10(9-20-13)8-17-11-1-3-12(4-2-11)18-6-5-16-14(18)19/h1-7,9,17H,8H2,(H,16,19). The maximum Gasteiger partial charge on any atom is 0.330 e. The third-order valence-electron chi connectivity index (χ3n) is 2.91. The Kier molecular flexibility index (Phi) is 3.75. The minimum absolute atomic E-state index is 0.131. The first-order valence-electron chi connectivity index (χ1n) is 6.05. The van der Waals surface area contributed by atoms with E-state index in [-0.39, 0.29) is 5.69 Å². The van der Waals surface area contributed by atoms with E-state index in [9.17, 15) is 4.79 Å². The first-order chi connectivity index (χ1) is 9.72. The van der Waals surface area contributed by atoms with Gasteiger partial charge in [0.15, 0.2) is 0 Å². The number of benzene rings is 1. The summed E-state index contributed by atoms with van der Waals surface area (Å²) in [5.74, 6) is 0. The Morgan fingerprint density at radius 2 is 2.10 bits per heavy atom. The molecule has 0 aliphatic carbocycles. The van der Waals surface area contributed by atoms with E-state index in [0.717, 1.165) is 21.7 Å². The normalized spacial score (nSPS) is 10.7. The molecular weight excluding hydrogens is 338 g/mol. The van der Waals surface area contributed by atoms with Gasteiger partial charge in [-0.25, -0.2) is 4.79 Å². The molecule has 4 nitrogen and oxygen atoms in total. The van der Waals surface area contributed by atoms with Crippen molar-refractivity contribution in [1.82, 2.24) is 9.55 Å². The summed E-state index contributed by atoms with van der Waals surface area (Å²) < 4.78 is 2.70. The average molecular weight is 350 g/mol. The van der Waals surface area contributed by atoms with E-state index >= 15 is 0 Å². The average Bonchev–Trinajstić information content (AvgIpc) is 3.06. The largest absolute Gasteiger partial charge is 0.381 e. The Labute approximate surface area is 128 Å². The number of aromatic nitrogens is 2. The van der Waals surface area contributed by atoms with Crippen LogP contribution in [-0.2, 0) is 6.54 Å². The van der Waals surface area contributed by atoms with Crippen molar-refractivity contribution in [1.29, 1.82) is 0 Å². The van der Waals surface area contributed by atoms with Gasteiger partial charge in [0.05, 0.1) is 9.47 Å². The molecule has 0 saturated heterocycles. The van der Waals surface area contributed by atoms with Crippen LogP contribution >= 0.6 is 27.3 Å². The van der Waals surface area contributed by atoms with E-state index in [4.69, 9.17) is 0 Å². The molecule has 0 aliphatic heterocycles. The van der Waals surface area contributed by atoms with Crippen LogP contribution in [0.25, 0.3) is 5.69 Å². The quantitative estimate of drug-likeness (QED) is 0.755. The van der Waals surface area contributed by atoms with E-state index in [0.29, 0.717) is 0 Å². The minimum Gasteiger partial charge on any atom is -0.381 e. The highest BCUT2D eigenvalue weighted by Gasteiger charge is 2.01. The molecule has 1 aromatic carbocycles. The summed E-state index contributed by atoms with van der Waals surface area (Å²) in [4.78, 5) is 14.1. The molecule has 0 amide bonds. The van der Waals surface area contributed by atoms with Gasteiger partial charge in [-0.05, 0) is 57.2 Å². The molecule has 0 saturated carbocycles. The molecule has 0 unspecified atom stereocenters. The van der Waals surface area contributed by atoms with Crippen molar-refractivity contribution in [2.75, 3.05) is 5.32 Å². The molecule has 0 spiro atoms. The summed E-state index contributed by atoms with van der Waals surface area (Å²) in [6, 6.07) is 9.87. The van der Waals surface area contributed by atoms with Crippen molar-refractivity contribution in [3.8, 4) is 5.69 Å². The number of H-pyrrole nitrogens is 1. The maximum atomic E-state index is 11.5. The summed E-state index contributed by atoms with van der Waals surface area (Å²) in [6.45, 7) is 0.783. The second-order valence-corrected chi connectivity index (χ2v) is 6.59. The highest BCUT2D eigenvalue weighted by molar-refractivity contribution is 9.11. The van der Waals surface area contributed by atoms with Crippen molar-refractivity contribution in [3.63, 3.8) is 0 Å². The predicted octanol–water partition coefficient (Wildman–Crippen LogP) is 3.60. The van der Waals surface area contributed by atoms with Crippen LogP contribution in [0, 0.1) is 0 Å². The second-order valence-electron chi connectivity index (χ2n) is 4.29. The number of hydrogen-bond donors (Lipinski definition) is 2. The second kappa shape index (κ2) is 5.68. The number of imidazole rings is 1. The lowest BCUT2D eigenvalue weighted by Crippen LogP contribution is -2.13. The lowest BCUT2D eigenvalue weighted by atomic mass is 10.2. The first-order valence-corrected chi connectivity index (χ1v) is 7.73. The highest BCUT2D eigenvalue weighted by Crippen LogP contribution is 2.21. The zero-order chi connectivity index (χ0) is 13.9. The van der Waals surface area contributed by atoms with Crippen molar-refractivity contribution in [2.24, 2.45) is 0 Å². The number of hydrogen-bond acceptors (Lipinski definition) is 3. The van der Waals surface area contributed by atoms with Crippen LogP contribution in [0.2, 0.25) is 0 Å². The number of thiophene rings is 1. The molecule has 0 radical (unpaired) electrons. The molecule has 6 heteroatoms. The van der Waals surface area contributed by atoms with Crippen LogP contribution in [0.3, 0.4) is 0 Å². The van der Waals surface area contributed by atoms with Crippen molar-refractivity contribution < 1.29 is 0 Å². The summed E-state index contributed by atoms with van der Waals surface area (Å²) in [5.41, 5.74) is 2.99. The van der Waals surface area contributed by atoms with Gasteiger partial charge in [0, 0.05) is 24.6 Å². The number of rotatable bonds is 4. The van der Waals surface area contributed by atoms with Gasteiger partial charge in [-0.15, -0.1) is 11.3 Å². The van der Waals surface area contributed by atoms with Crippen LogP contribution in [0.5, 0.6) is 0 Å². The highest BCUT2D eigenvalue weighted by atomic mass is 79.9. The van der Waals surface area contributed by atoms with Crippen molar-refractivity contribution in [2.45, 2.75) is 6.54 Å². The van der Waals surface area contributed by atoms with E-state index < -0.39 is 0 Å². The maximum absolute atomic E-state index is 11.5. The molecule has 20 heavy (non-hydrogen) atoms. The lowest BCUT2D eigenvalue weighted by molar-refractivity contribution is 0.987. The summed E-state index contributed by atoms with van der Waals surface area (Å²) in [5, 5.41) is 5.47. The molecule has 3 rings (SSSR count). The Morgan fingerprint density at radius 3 is 2.70 bits per heavy atom. The smallest absolute Gasteiger partial charge is 0.330 e. The van der Waals surface area contributed by atoms with Gasteiger partial charge in [-0.3, -0.25) is 4.57 Å². The van der Waals surface area contributed by atoms with E-state index in [2.05, 4.69) is 37.7 Å². The van der Waals surface area contributed by atoms with Crippen molar-refractivity contribution in [3.05, 3.63) is 67.9 Å². The topological polar surface area (TPSA) is 49.8 Å². The van der Waals surface area contributed by atoms with Gasteiger partial charge in [0.1, 0.15) is 0 Å². The van der Waals surface area contributed by atoms with Crippen LogP contribution in [0.1, 0.15) is 5.56 Å². The summed E-state index contributed by atoms with van der Waals surface area (Å²) in [6.07, 6.45) is 3.34. The van der Waals surface area contributed by atoms with Gasteiger partial charge >= 0.3 is 5.69 Å². The van der Waals surface area contributed by atoms with Crippen LogP contribution in [-0.4, -0.2) is 9.55 Å². The molecule has 102 valence electrons. The molecular formula is C14H12BrN3OS. The Morgan fingerprint density at radius 1 is 1.30 bits per heavy atom. The molecule has 2 heterocycles. The van der Waals surface area contributed by atoms with Gasteiger partial charge in [-0.2, -0.15) is 0 Å². The lowest BCUT2D eigenvalue weighted by Gasteiger charge is -2.06. The van der Waals surface area contributed by atoms with Crippen LogP contribution in [0.15, 0.2) is 56.7 Å². The zero-order valence-electron chi connectivity index (χ0n) is 10.5. The van der Waals surface area contributed by atoms with Gasteiger partial charge < -0.3 is 10.3 Å². The van der Waals surface area contributed by atoms with Gasteiger partial charge in [0.2, 0.25) is 0 Å². The third-order valence-corrected chi connectivity index (χ3v) is 4.47. The fourth-order valence-corrected chi connectivity index (χ4v) is 3.12. The number of anilines is 1. The fraction of sp³-hybridized carbons (Fsp3) is 0.0714. The number of aromatic amines is 1. The first kappa shape index (κ1) is 13.2. The number of halogens is 1.